The Labute approximate surface area is 162 Å². The Kier molecular flexibility index (Phi) is 5.63. The second-order valence-corrected chi connectivity index (χ2v) is 6.41. The van der Waals surface area contributed by atoms with E-state index in [1.54, 1.807) is 18.2 Å². The van der Waals surface area contributed by atoms with Crippen LogP contribution in [0.15, 0.2) is 48.5 Å². The molecule has 1 heterocycles. The van der Waals surface area contributed by atoms with E-state index in [0.717, 1.165) is 5.56 Å². The summed E-state index contributed by atoms with van der Waals surface area (Å²) in [5.41, 5.74) is 2.06. The van der Waals surface area contributed by atoms with Crippen molar-refractivity contribution < 1.29 is 28.6 Å². The SMILES string of the molecule is CC(=O)O[C@@H]1c2cc(OCc3ccccc3)ccc2N(C(C)=O)[C@H]1OC(C)=O. The molecule has 2 atom stereocenters. The van der Waals surface area contributed by atoms with E-state index in [4.69, 9.17) is 14.2 Å². The number of nitrogens with zero attached hydrogens (tertiary/aromatic N) is 1. The number of ether oxygens (including phenoxy) is 3. The van der Waals surface area contributed by atoms with Crippen LogP contribution in [0, 0.1) is 0 Å². The van der Waals surface area contributed by atoms with Crippen LogP contribution in [0.5, 0.6) is 5.75 Å². The van der Waals surface area contributed by atoms with Crippen molar-refractivity contribution in [2.45, 2.75) is 39.7 Å². The summed E-state index contributed by atoms with van der Waals surface area (Å²) in [6.45, 7) is 4.22. The van der Waals surface area contributed by atoms with Crippen LogP contribution >= 0.6 is 0 Å². The van der Waals surface area contributed by atoms with E-state index in [2.05, 4.69) is 0 Å². The number of benzene rings is 2. The highest BCUT2D eigenvalue weighted by Crippen LogP contribution is 2.44. The lowest BCUT2D eigenvalue weighted by molar-refractivity contribution is -0.165. The summed E-state index contributed by atoms with van der Waals surface area (Å²) in [5, 5.41) is 0. The van der Waals surface area contributed by atoms with Gasteiger partial charge < -0.3 is 14.2 Å². The van der Waals surface area contributed by atoms with Crippen molar-refractivity contribution in [3.63, 3.8) is 0 Å². The number of carbonyl (C=O) groups is 3. The Morgan fingerprint density at radius 1 is 0.929 bits per heavy atom. The number of esters is 2. The maximum Gasteiger partial charge on any atom is 0.304 e. The molecule has 146 valence electrons. The average molecular weight is 383 g/mol. The number of fused-ring (bicyclic) bond motifs is 1. The van der Waals surface area contributed by atoms with E-state index < -0.39 is 24.3 Å². The second-order valence-electron chi connectivity index (χ2n) is 6.41. The van der Waals surface area contributed by atoms with Gasteiger partial charge in [-0.15, -0.1) is 0 Å². The summed E-state index contributed by atoms with van der Waals surface area (Å²) in [4.78, 5) is 36.7. The predicted molar refractivity (Wildman–Crippen MR) is 100 cm³/mol. The van der Waals surface area contributed by atoms with Gasteiger partial charge in [0.05, 0.1) is 5.69 Å². The first-order valence-electron chi connectivity index (χ1n) is 8.81. The first kappa shape index (κ1) is 19.4. The van der Waals surface area contributed by atoms with E-state index in [-0.39, 0.29) is 5.91 Å². The van der Waals surface area contributed by atoms with Crippen molar-refractivity contribution >= 4 is 23.5 Å². The highest BCUT2D eigenvalue weighted by Gasteiger charge is 2.45. The van der Waals surface area contributed by atoms with Crippen LogP contribution in [0.4, 0.5) is 5.69 Å². The molecule has 1 aliphatic rings. The fourth-order valence-corrected chi connectivity index (χ4v) is 3.17. The lowest BCUT2D eigenvalue weighted by Gasteiger charge is -2.26. The monoisotopic (exact) mass is 383 g/mol. The highest BCUT2D eigenvalue weighted by molar-refractivity contribution is 5.95. The molecule has 0 aliphatic carbocycles. The summed E-state index contributed by atoms with van der Waals surface area (Å²) in [7, 11) is 0. The van der Waals surface area contributed by atoms with Crippen LogP contribution in [0.3, 0.4) is 0 Å². The third-order valence-electron chi connectivity index (χ3n) is 4.25. The molecule has 0 saturated carbocycles. The first-order chi connectivity index (χ1) is 13.4. The van der Waals surface area contributed by atoms with Gasteiger partial charge in [-0.05, 0) is 23.8 Å². The van der Waals surface area contributed by atoms with Crippen LogP contribution in [0.2, 0.25) is 0 Å². The molecule has 1 aliphatic heterocycles. The summed E-state index contributed by atoms with van der Waals surface area (Å²) < 4.78 is 16.5. The maximum atomic E-state index is 12.2. The van der Waals surface area contributed by atoms with Gasteiger partial charge in [-0.3, -0.25) is 19.3 Å². The predicted octanol–water partition coefficient (Wildman–Crippen LogP) is 3.13. The lowest BCUT2D eigenvalue weighted by Crippen LogP contribution is -2.41. The maximum absolute atomic E-state index is 12.2. The minimum Gasteiger partial charge on any atom is -0.489 e. The second kappa shape index (κ2) is 8.12. The Morgan fingerprint density at radius 3 is 2.21 bits per heavy atom. The number of hydrogen-bond donors (Lipinski definition) is 0. The fraction of sp³-hybridized carbons (Fsp3) is 0.286. The third-order valence-corrected chi connectivity index (χ3v) is 4.25. The smallest absolute Gasteiger partial charge is 0.304 e. The van der Waals surface area contributed by atoms with Gasteiger partial charge in [0, 0.05) is 26.3 Å². The van der Waals surface area contributed by atoms with Gasteiger partial charge in [-0.1, -0.05) is 30.3 Å². The molecule has 1 amide bonds. The Balaban J connectivity index is 1.93. The molecule has 28 heavy (non-hydrogen) atoms. The zero-order valence-corrected chi connectivity index (χ0v) is 15.9. The fourth-order valence-electron chi connectivity index (χ4n) is 3.17. The molecule has 0 saturated heterocycles. The molecular weight excluding hydrogens is 362 g/mol. The minimum absolute atomic E-state index is 0.333. The first-order valence-corrected chi connectivity index (χ1v) is 8.81. The van der Waals surface area contributed by atoms with Crippen molar-refractivity contribution in [1.82, 2.24) is 0 Å². The molecule has 0 N–H and O–H groups in total. The van der Waals surface area contributed by atoms with E-state index in [1.165, 1.54) is 25.7 Å². The summed E-state index contributed by atoms with van der Waals surface area (Å²) in [6, 6.07) is 14.8. The summed E-state index contributed by atoms with van der Waals surface area (Å²) in [6.07, 6.45) is -1.99. The quantitative estimate of drug-likeness (QED) is 0.738. The van der Waals surface area contributed by atoms with E-state index in [1.807, 2.05) is 30.3 Å². The highest BCUT2D eigenvalue weighted by atomic mass is 16.6. The molecule has 3 rings (SSSR count). The molecule has 2 aromatic rings. The van der Waals surface area contributed by atoms with Crippen molar-refractivity contribution in [2.75, 3.05) is 4.90 Å². The molecule has 0 unspecified atom stereocenters. The number of anilines is 1. The molecule has 2 aromatic carbocycles. The van der Waals surface area contributed by atoms with Crippen molar-refractivity contribution in [1.29, 1.82) is 0 Å². The number of hydrogen-bond acceptors (Lipinski definition) is 6. The number of rotatable bonds is 5. The topological polar surface area (TPSA) is 82.1 Å². The van der Waals surface area contributed by atoms with Crippen molar-refractivity contribution in [2.24, 2.45) is 0 Å². The molecule has 0 bridgehead atoms. The van der Waals surface area contributed by atoms with Gasteiger partial charge >= 0.3 is 11.9 Å². The Morgan fingerprint density at radius 2 is 1.61 bits per heavy atom. The molecule has 0 fully saturated rings. The molecule has 7 nitrogen and oxygen atoms in total. The standard InChI is InChI=1S/C21H21NO6/c1-13(23)22-19-10-9-17(26-12-16-7-5-4-6-8-16)11-18(19)20(27-14(2)24)21(22)28-15(3)25/h4-11,20-21H,12H2,1-3H3/t20-,21+/m1/s1. The zero-order valence-electron chi connectivity index (χ0n) is 15.9. The van der Waals surface area contributed by atoms with Crippen LogP contribution in [-0.2, 0) is 30.5 Å². The van der Waals surface area contributed by atoms with Crippen molar-refractivity contribution in [3.8, 4) is 5.75 Å². The largest absolute Gasteiger partial charge is 0.489 e. The lowest BCUT2D eigenvalue weighted by atomic mass is 10.1. The van der Waals surface area contributed by atoms with E-state index >= 15 is 0 Å². The van der Waals surface area contributed by atoms with Gasteiger partial charge in [-0.2, -0.15) is 0 Å². The molecule has 7 heteroatoms. The number of amides is 1. The van der Waals surface area contributed by atoms with Gasteiger partial charge in [0.1, 0.15) is 12.4 Å². The third kappa shape index (κ3) is 4.14. The average Bonchev–Trinajstić information content (AvgIpc) is 2.92. The summed E-state index contributed by atoms with van der Waals surface area (Å²) in [5.74, 6) is -0.914. The van der Waals surface area contributed by atoms with Crippen LogP contribution in [-0.4, -0.2) is 24.1 Å². The normalized spacial score (nSPS) is 17.6. The zero-order chi connectivity index (χ0) is 20.3. The minimum atomic E-state index is -1.06. The molecule has 0 spiro atoms. The van der Waals surface area contributed by atoms with Gasteiger partial charge in [-0.25, -0.2) is 0 Å². The van der Waals surface area contributed by atoms with Crippen molar-refractivity contribution in [3.05, 3.63) is 59.7 Å². The van der Waals surface area contributed by atoms with E-state index in [0.29, 0.717) is 23.6 Å². The molecule has 0 aromatic heterocycles. The number of carbonyl (C=O) groups excluding carboxylic acids is 3. The van der Waals surface area contributed by atoms with Crippen LogP contribution < -0.4 is 9.64 Å². The Bertz CT molecular complexity index is 895. The Hall–Kier alpha value is -3.35. The van der Waals surface area contributed by atoms with Gasteiger partial charge in [0.2, 0.25) is 12.1 Å². The van der Waals surface area contributed by atoms with Crippen LogP contribution in [0.1, 0.15) is 38.0 Å². The van der Waals surface area contributed by atoms with E-state index in [9.17, 15) is 14.4 Å². The van der Waals surface area contributed by atoms with Gasteiger partial charge in [0.15, 0.2) is 6.10 Å². The molecular formula is C21H21NO6. The summed E-state index contributed by atoms with van der Waals surface area (Å²) >= 11 is 0. The van der Waals surface area contributed by atoms with Gasteiger partial charge in [0.25, 0.3) is 0 Å². The van der Waals surface area contributed by atoms with Crippen LogP contribution in [0.25, 0.3) is 0 Å². The molecule has 0 radical (unpaired) electrons.